The highest BCUT2D eigenvalue weighted by molar-refractivity contribution is 5.91. The Hall–Kier alpha value is -1.51. The summed E-state index contributed by atoms with van der Waals surface area (Å²) < 4.78 is 0. The van der Waals surface area contributed by atoms with Gasteiger partial charge >= 0.3 is 0 Å². The zero-order chi connectivity index (χ0) is 9.31. The van der Waals surface area contributed by atoms with E-state index in [4.69, 9.17) is 0 Å². The second-order valence-electron chi connectivity index (χ2n) is 3.60. The molecule has 0 saturated heterocycles. The summed E-state index contributed by atoms with van der Waals surface area (Å²) >= 11 is 0. The molecule has 2 rings (SSSR count). The van der Waals surface area contributed by atoms with Gasteiger partial charge in [-0.2, -0.15) is 0 Å². The van der Waals surface area contributed by atoms with E-state index in [0.29, 0.717) is 0 Å². The topological polar surface area (TPSA) is 37.6 Å². The molecule has 0 amide bonds. The summed E-state index contributed by atoms with van der Waals surface area (Å²) in [5.74, 6) is 0. The summed E-state index contributed by atoms with van der Waals surface area (Å²) in [6.45, 7) is 4.04. The molecule has 3 nitrogen and oxygen atoms in total. The highest BCUT2D eigenvalue weighted by Crippen LogP contribution is 2.20. The summed E-state index contributed by atoms with van der Waals surface area (Å²) in [4.78, 5) is 12.7. The average molecular weight is 173 g/mol. The van der Waals surface area contributed by atoms with Gasteiger partial charge in [-0.1, -0.05) is 0 Å². The highest BCUT2D eigenvalue weighted by Gasteiger charge is 2.14. The number of hydrogen-bond donors (Lipinski definition) is 0. The fourth-order valence-corrected chi connectivity index (χ4v) is 1.11. The maximum atomic E-state index is 4.39. The molecule has 0 aromatic carbocycles. The summed E-state index contributed by atoms with van der Waals surface area (Å²) in [5, 5.41) is 0. The molecule has 0 fully saturated rings. The molecule has 0 unspecified atom stereocenters. The molecule has 1 aromatic rings. The van der Waals surface area contributed by atoms with Crippen molar-refractivity contribution in [1.82, 2.24) is 4.98 Å². The summed E-state index contributed by atoms with van der Waals surface area (Å²) in [5.41, 5.74) is 1.70. The van der Waals surface area contributed by atoms with Crippen LogP contribution >= 0.6 is 0 Å². The number of pyridine rings is 1. The molecule has 0 N–H and O–H groups in total. The zero-order valence-electron chi connectivity index (χ0n) is 7.73. The van der Waals surface area contributed by atoms with Crippen LogP contribution < -0.4 is 0 Å². The van der Waals surface area contributed by atoms with E-state index < -0.39 is 0 Å². The monoisotopic (exact) mass is 173 g/mol. The molecule has 1 aliphatic rings. The van der Waals surface area contributed by atoms with Gasteiger partial charge in [0.2, 0.25) is 0 Å². The van der Waals surface area contributed by atoms with E-state index in [0.717, 1.165) is 11.3 Å². The summed E-state index contributed by atoms with van der Waals surface area (Å²) in [6, 6.07) is 1.91. The van der Waals surface area contributed by atoms with Crippen LogP contribution in [0.1, 0.15) is 19.4 Å². The van der Waals surface area contributed by atoms with Crippen molar-refractivity contribution in [3.8, 4) is 0 Å². The van der Waals surface area contributed by atoms with Crippen molar-refractivity contribution < 1.29 is 0 Å². The fourth-order valence-electron chi connectivity index (χ4n) is 1.11. The Morgan fingerprint density at radius 1 is 1.31 bits per heavy atom. The second kappa shape index (κ2) is 2.76. The maximum Gasteiger partial charge on any atom is 0.0901 e. The highest BCUT2D eigenvalue weighted by atomic mass is 14.9. The second-order valence-corrected chi connectivity index (χ2v) is 3.60. The number of nitrogens with zero attached hydrogens (tertiary/aromatic N) is 3. The van der Waals surface area contributed by atoms with Gasteiger partial charge in [0.1, 0.15) is 0 Å². The van der Waals surface area contributed by atoms with Crippen molar-refractivity contribution in [2.24, 2.45) is 9.98 Å². The third-order valence-electron chi connectivity index (χ3n) is 1.89. The Bertz CT molecular complexity index is 343. The smallest absolute Gasteiger partial charge is 0.0901 e. The third kappa shape index (κ3) is 1.64. The van der Waals surface area contributed by atoms with Gasteiger partial charge in [-0.05, 0) is 19.9 Å². The minimum Gasteiger partial charge on any atom is -0.281 e. The standard InChI is InChI=1S/C10H11N3/c1-10(2)7-12-9-6-11-4-3-8(9)5-13-10/h3-7H,1-2H3. The van der Waals surface area contributed by atoms with Gasteiger partial charge in [-0.25, -0.2) is 0 Å². The first-order chi connectivity index (χ1) is 6.17. The number of fused-ring (bicyclic) bond motifs is 1. The minimum atomic E-state index is -0.209. The van der Waals surface area contributed by atoms with Gasteiger partial charge < -0.3 is 0 Å². The van der Waals surface area contributed by atoms with E-state index in [2.05, 4.69) is 15.0 Å². The number of rotatable bonds is 0. The maximum absolute atomic E-state index is 4.39. The van der Waals surface area contributed by atoms with Crippen molar-refractivity contribution >= 4 is 18.1 Å². The van der Waals surface area contributed by atoms with Crippen LogP contribution in [0.5, 0.6) is 0 Å². The first-order valence-electron chi connectivity index (χ1n) is 4.22. The first-order valence-corrected chi connectivity index (χ1v) is 4.22. The molecule has 0 radical (unpaired) electrons. The van der Waals surface area contributed by atoms with Crippen molar-refractivity contribution in [3.63, 3.8) is 0 Å². The lowest BCUT2D eigenvalue weighted by atomic mass is 10.1. The summed E-state index contributed by atoms with van der Waals surface area (Å²) in [7, 11) is 0. The number of aliphatic imine (C=N–C) groups is 2. The van der Waals surface area contributed by atoms with Crippen LogP contribution in [0.25, 0.3) is 0 Å². The van der Waals surface area contributed by atoms with E-state index in [9.17, 15) is 0 Å². The van der Waals surface area contributed by atoms with Crippen LogP contribution in [0, 0.1) is 0 Å². The summed E-state index contributed by atoms with van der Waals surface area (Å²) in [6.07, 6.45) is 7.19. The molecule has 66 valence electrons. The van der Waals surface area contributed by atoms with E-state index >= 15 is 0 Å². The molecule has 0 atom stereocenters. The van der Waals surface area contributed by atoms with E-state index in [1.54, 1.807) is 12.4 Å². The van der Waals surface area contributed by atoms with Gasteiger partial charge in [-0.15, -0.1) is 0 Å². The quantitative estimate of drug-likeness (QED) is 0.591. The van der Waals surface area contributed by atoms with Crippen molar-refractivity contribution in [2.75, 3.05) is 0 Å². The fraction of sp³-hybridized carbons (Fsp3) is 0.300. The Balaban J connectivity index is 2.53. The van der Waals surface area contributed by atoms with Crippen LogP contribution in [0.4, 0.5) is 5.69 Å². The largest absolute Gasteiger partial charge is 0.281 e. The Labute approximate surface area is 77.3 Å². The van der Waals surface area contributed by atoms with E-state index in [1.807, 2.05) is 32.3 Å². The van der Waals surface area contributed by atoms with Gasteiger partial charge in [0.15, 0.2) is 0 Å². The Kier molecular flexibility index (Phi) is 1.72. The van der Waals surface area contributed by atoms with Crippen LogP contribution in [0.3, 0.4) is 0 Å². The molecule has 13 heavy (non-hydrogen) atoms. The van der Waals surface area contributed by atoms with Gasteiger partial charge in [-0.3, -0.25) is 15.0 Å². The lowest BCUT2D eigenvalue weighted by Crippen LogP contribution is -2.17. The molecular formula is C10H11N3. The van der Waals surface area contributed by atoms with Crippen molar-refractivity contribution in [2.45, 2.75) is 19.4 Å². The SMILES string of the molecule is CC1(C)C=Nc2cnccc2C=N1. The predicted octanol–water partition coefficient (Wildman–Crippen LogP) is 2.00. The number of aromatic nitrogens is 1. The molecule has 0 bridgehead atoms. The number of hydrogen-bond acceptors (Lipinski definition) is 3. The third-order valence-corrected chi connectivity index (χ3v) is 1.89. The zero-order valence-corrected chi connectivity index (χ0v) is 7.73. The molecule has 1 aliphatic heterocycles. The normalized spacial score (nSPS) is 18.0. The molecule has 0 saturated carbocycles. The molecular weight excluding hydrogens is 162 g/mol. The van der Waals surface area contributed by atoms with Crippen molar-refractivity contribution in [3.05, 3.63) is 24.0 Å². The van der Waals surface area contributed by atoms with Gasteiger partial charge in [0.05, 0.1) is 17.4 Å². The Morgan fingerprint density at radius 2 is 2.15 bits per heavy atom. The van der Waals surface area contributed by atoms with Gasteiger partial charge in [0.25, 0.3) is 0 Å². The van der Waals surface area contributed by atoms with Crippen molar-refractivity contribution in [1.29, 1.82) is 0 Å². The van der Waals surface area contributed by atoms with E-state index in [1.165, 1.54) is 0 Å². The lowest BCUT2D eigenvalue weighted by molar-refractivity contribution is 0.723. The van der Waals surface area contributed by atoms with Crippen LogP contribution in [0.2, 0.25) is 0 Å². The van der Waals surface area contributed by atoms with Gasteiger partial charge in [0, 0.05) is 24.2 Å². The Morgan fingerprint density at radius 3 is 3.00 bits per heavy atom. The lowest BCUT2D eigenvalue weighted by Gasteiger charge is -2.09. The average Bonchev–Trinajstić information content (AvgIpc) is 2.27. The minimum absolute atomic E-state index is 0.209. The first kappa shape index (κ1) is 8.10. The molecule has 2 heterocycles. The molecule has 3 heteroatoms. The predicted molar refractivity (Wildman–Crippen MR) is 54.1 cm³/mol. The molecule has 1 aromatic heterocycles. The van der Waals surface area contributed by atoms with Crippen LogP contribution in [-0.2, 0) is 0 Å². The molecule has 0 aliphatic carbocycles. The van der Waals surface area contributed by atoms with E-state index in [-0.39, 0.29) is 5.54 Å². The van der Waals surface area contributed by atoms with Crippen LogP contribution in [0.15, 0.2) is 28.4 Å². The molecule has 0 spiro atoms. The van der Waals surface area contributed by atoms with Crippen LogP contribution in [-0.4, -0.2) is 23.0 Å².